The van der Waals surface area contributed by atoms with Crippen LogP contribution in [-0.4, -0.2) is 24.5 Å². The Bertz CT molecular complexity index is 311. The van der Waals surface area contributed by atoms with Gasteiger partial charge in [-0.2, -0.15) is 0 Å². The fourth-order valence-electron chi connectivity index (χ4n) is 1.52. The maximum Gasteiger partial charge on any atom is 0.136 e. The summed E-state index contributed by atoms with van der Waals surface area (Å²) in [5, 5.41) is 0. The third kappa shape index (κ3) is 4.53. The molecule has 3 nitrogen and oxygen atoms in total. The fourth-order valence-corrected chi connectivity index (χ4v) is 1.52. The molecule has 0 aliphatic heterocycles. The molecule has 1 heterocycles. The summed E-state index contributed by atoms with van der Waals surface area (Å²) in [5.74, 6) is 0.400. The van der Waals surface area contributed by atoms with Crippen LogP contribution in [0.1, 0.15) is 25.3 Å². The lowest BCUT2D eigenvalue weighted by Gasteiger charge is -2.09. The molecule has 0 amide bonds. The van der Waals surface area contributed by atoms with Crippen molar-refractivity contribution in [1.82, 2.24) is 4.98 Å². The molecule has 0 spiro atoms. The van der Waals surface area contributed by atoms with Crippen LogP contribution in [-0.2, 0) is 16.0 Å². The summed E-state index contributed by atoms with van der Waals surface area (Å²) in [7, 11) is 1.66. The molecule has 0 aliphatic rings. The standard InChI is InChI=1S/C13H19NO2/c1-11(7-9-16-2)13(15)6-5-12-4-3-8-14-10-12/h3-4,8,10-11H,5-7,9H2,1-2H3. The molecular formula is C13H19NO2. The van der Waals surface area contributed by atoms with Crippen molar-refractivity contribution in [3.05, 3.63) is 30.1 Å². The van der Waals surface area contributed by atoms with Gasteiger partial charge in [0.25, 0.3) is 0 Å². The highest BCUT2D eigenvalue weighted by atomic mass is 16.5. The Hall–Kier alpha value is -1.22. The number of pyridine rings is 1. The number of Topliss-reactive ketones (excluding diaryl/α,β-unsaturated/α-hetero) is 1. The molecule has 0 saturated heterocycles. The van der Waals surface area contributed by atoms with Crippen molar-refractivity contribution >= 4 is 5.78 Å². The molecule has 0 aromatic carbocycles. The van der Waals surface area contributed by atoms with Crippen LogP contribution < -0.4 is 0 Å². The summed E-state index contributed by atoms with van der Waals surface area (Å²) >= 11 is 0. The third-order valence-electron chi connectivity index (χ3n) is 2.69. The molecule has 0 saturated carbocycles. The van der Waals surface area contributed by atoms with Crippen LogP contribution in [0.15, 0.2) is 24.5 Å². The molecule has 16 heavy (non-hydrogen) atoms. The van der Waals surface area contributed by atoms with Crippen LogP contribution in [0.2, 0.25) is 0 Å². The van der Waals surface area contributed by atoms with Crippen molar-refractivity contribution < 1.29 is 9.53 Å². The zero-order chi connectivity index (χ0) is 11.8. The Morgan fingerprint density at radius 1 is 1.56 bits per heavy atom. The molecule has 0 fully saturated rings. The van der Waals surface area contributed by atoms with Crippen LogP contribution in [0.4, 0.5) is 0 Å². The van der Waals surface area contributed by atoms with Gasteiger partial charge in [0, 0.05) is 38.4 Å². The smallest absolute Gasteiger partial charge is 0.136 e. The second-order valence-corrected chi connectivity index (χ2v) is 4.01. The third-order valence-corrected chi connectivity index (χ3v) is 2.69. The van der Waals surface area contributed by atoms with Gasteiger partial charge in [0.2, 0.25) is 0 Å². The minimum absolute atomic E-state index is 0.0941. The summed E-state index contributed by atoms with van der Waals surface area (Å²) in [5.41, 5.74) is 1.12. The molecule has 0 radical (unpaired) electrons. The second kappa shape index (κ2) is 7.12. The van der Waals surface area contributed by atoms with Crippen LogP contribution in [0.5, 0.6) is 0 Å². The number of hydrogen-bond acceptors (Lipinski definition) is 3. The maximum absolute atomic E-state index is 11.7. The molecule has 1 aromatic heterocycles. The van der Waals surface area contributed by atoms with Crippen LogP contribution in [0.3, 0.4) is 0 Å². The van der Waals surface area contributed by atoms with E-state index in [1.165, 1.54) is 0 Å². The van der Waals surface area contributed by atoms with Crippen molar-refractivity contribution in [3.8, 4) is 0 Å². The molecule has 1 rings (SSSR count). The highest BCUT2D eigenvalue weighted by Crippen LogP contribution is 2.09. The topological polar surface area (TPSA) is 39.2 Å². The number of carbonyl (C=O) groups excluding carboxylic acids is 1. The Kier molecular flexibility index (Phi) is 5.72. The molecule has 1 atom stereocenters. The minimum Gasteiger partial charge on any atom is -0.385 e. The minimum atomic E-state index is 0.0941. The van der Waals surface area contributed by atoms with E-state index in [9.17, 15) is 4.79 Å². The van der Waals surface area contributed by atoms with Gasteiger partial charge in [-0.3, -0.25) is 9.78 Å². The van der Waals surface area contributed by atoms with Gasteiger partial charge in [-0.1, -0.05) is 13.0 Å². The fraction of sp³-hybridized carbons (Fsp3) is 0.538. The van der Waals surface area contributed by atoms with Crippen molar-refractivity contribution in [1.29, 1.82) is 0 Å². The average Bonchev–Trinajstić information content (AvgIpc) is 2.34. The highest BCUT2D eigenvalue weighted by molar-refractivity contribution is 5.80. The Balaban J connectivity index is 2.29. The number of ether oxygens (including phenoxy) is 1. The molecule has 0 N–H and O–H groups in total. The van der Waals surface area contributed by atoms with E-state index in [1.807, 2.05) is 25.3 Å². The zero-order valence-corrected chi connectivity index (χ0v) is 9.98. The van der Waals surface area contributed by atoms with Gasteiger partial charge in [-0.05, 0) is 24.5 Å². The average molecular weight is 221 g/mol. The summed E-state index contributed by atoms with van der Waals surface area (Å²) in [6, 6.07) is 3.90. The molecule has 88 valence electrons. The second-order valence-electron chi connectivity index (χ2n) is 4.01. The van der Waals surface area contributed by atoms with E-state index in [0.717, 1.165) is 18.4 Å². The molecule has 0 aliphatic carbocycles. The quantitative estimate of drug-likeness (QED) is 0.709. The van der Waals surface area contributed by atoms with E-state index in [-0.39, 0.29) is 5.92 Å². The van der Waals surface area contributed by atoms with E-state index in [0.29, 0.717) is 18.8 Å². The lowest BCUT2D eigenvalue weighted by molar-refractivity contribution is -0.122. The van der Waals surface area contributed by atoms with Crippen LogP contribution >= 0.6 is 0 Å². The number of aromatic nitrogens is 1. The lowest BCUT2D eigenvalue weighted by Crippen LogP contribution is -2.13. The van der Waals surface area contributed by atoms with Crippen molar-refractivity contribution in [2.24, 2.45) is 5.92 Å². The van der Waals surface area contributed by atoms with Gasteiger partial charge in [0.15, 0.2) is 0 Å². The van der Waals surface area contributed by atoms with Crippen LogP contribution in [0, 0.1) is 5.92 Å². The van der Waals surface area contributed by atoms with E-state index < -0.39 is 0 Å². The highest BCUT2D eigenvalue weighted by Gasteiger charge is 2.12. The Morgan fingerprint density at radius 3 is 3.00 bits per heavy atom. The monoisotopic (exact) mass is 221 g/mol. The first-order valence-corrected chi connectivity index (χ1v) is 5.64. The number of nitrogens with zero attached hydrogens (tertiary/aromatic N) is 1. The van der Waals surface area contributed by atoms with Gasteiger partial charge in [-0.15, -0.1) is 0 Å². The summed E-state index contributed by atoms with van der Waals surface area (Å²) in [6.07, 6.45) is 5.74. The van der Waals surface area contributed by atoms with Crippen molar-refractivity contribution in [3.63, 3.8) is 0 Å². The number of carbonyl (C=O) groups is 1. The van der Waals surface area contributed by atoms with E-state index in [1.54, 1.807) is 13.3 Å². The zero-order valence-electron chi connectivity index (χ0n) is 9.98. The molecule has 1 unspecified atom stereocenters. The van der Waals surface area contributed by atoms with Crippen LogP contribution in [0.25, 0.3) is 0 Å². The van der Waals surface area contributed by atoms with Gasteiger partial charge in [0.05, 0.1) is 0 Å². The predicted octanol–water partition coefficient (Wildman–Crippen LogP) is 2.26. The van der Waals surface area contributed by atoms with E-state index in [2.05, 4.69) is 4.98 Å². The lowest BCUT2D eigenvalue weighted by atomic mass is 9.98. The first-order chi connectivity index (χ1) is 7.74. The SMILES string of the molecule is COCCC(C)C(=O)CCc1cccnc1. The van der Waals surface area contributed by atoms with Gasteiger partial charge >= 0.3 is 0 Å². The summed E-state index contributed by atoms with van der Waals surface area (Å²) in [6.45, 7) is 2.62. The summed E-state index contributed by atoms with van der Waals surface area (Å²) < 4.78 is 4.96. The number of ketones is 1. The molecule has 0 bridgehead atoms. The Morgan fingerprint density at radius 2 is 2.38 bits per heavy atom. The van der Waals surface area contributed by atoms with Gasteiger partial charge in [0.1, 0.15) is 5.78 Å². The maximum atomic E-state index is 11.7. The molecule has 3 heteroatoms. The number of aryl methyl sites for hydroxylation is 1. The molecule has 1 aromatic rings. The molecular weight excluding hydrogens is 202 g/mol. The number of rotatable bonds is 7. The largest absolute Gasteiger partial charge is 0.385 e. The first kappa shape index (κ1) is 12.8. The Labute approximate surface area is 96.8 Å². The van der Waals surface area contributed by atoms with Crippen molar-refractivity contribution in [2.75, 3.05) is 13.7 Å². The summed E-state index contributed by atoms with van der Waals surface area (Å²) in [4.78, 5) is 15.8. The predicted molar refractivity (Wildman–Crippen MR) is 63.2 cm³/mol. The number of methoxy groups -OCH3 is 1. The number of hydrogen-bond donors (Lipinski definition) is 0. The first-order valence-electron chi connectivity index (χ1n) is 5.64. The van der Waals surface area contributed by atoms with Gasteiger partial charge in [-0.25, -0.2) is 0 Å². The van der Waals surface area contributed by atoms with E-state index >= 15 is 0 Å². The normalized spacial score (nSPS) is 12.4. The van der Waals surface area contributed by atoms with Crippen molar-refractivity contribution in [2.45, 2.75) is 26.2 Å². The van der Waals surface area contributed by atoms with Gasteiger partial charge < -0.3 is 4.74 Å². The van der Waals surface area contributed by atoms with E-state index in [4.69, 9.17) is 4.74 Å².